The minimum atomic E-state index is -0.527. The van der Waals surface area contributed by atoms with Gasteiger partial charge in [-0.25, -0.2) is 9.78 Å². The van der Waals surface area contributed by atoms with Crippen LogP contribution in [0, 0.1) is 0 Å². The first kappa shape index (κ1) is 18.2. The lowest BCUT2D eigenvalue weighted by Crippen LogP contribution is -2.51. The van der Waals surface area contributed by atoms with Crippen molar-refractivity contribution in [3.8, 4) is 0 Å². The van der Waals surface area contributed by atoms with Crippen LogP contribution in [0.1, 0.15) is 50.5 Å². The van der Waals surface area contributed by atoms with Crippen LogP contribution < -0.4 is 0 Å². The van der Waals surface area contributed by atoms with Crippen molar-refractivity contribution in [2.24, 2.45) is 0 Å². The summed E-state index contributed by atoms with van der Waals surface area (Å²) in [6, 6.07) is -0.0424. The minimum absolute atomic E-state index is 0.0424. The summed E-state index contributed by atoms with van der Waals surface area (Å²) in [5.41, 5.74) is -0.222. The molecule has 1 fully saturated rings. The maximum atomic E-state index is 12.4. The zero-order chi connectivity index (χ0) is 17.7. The lowest BCUT2D eigenvalue weighted by Gasteiger charge is -2.38. The second-order valence-corrected chi connectivity index (χ2v) is 7.10. The first-order valence-electron chi connectivity index (χ1n) is 8.29. The molecule has 7 nitrogen and oxygen atoms in total. The van der Waals surface area contributed by atoms with Crippen molar-refractivity contribution in [1.29, 1.82) is 0 Å². The van der Waals surface area contributed by atoms with Gasteiger partial charge in [-0.2, -0.15) is 0 Å². The summed E-state index contributed by atoms with van der Waals surface area (Å²) in [7, 11) is 1.72. The summed E-state index contributed by atoms with van der Waals surface area (Å²) in [6.07, 6.45) is 7.02. The molecule has 1 aromatic rings. The molecule has 2 rings (SSSR count). The van der Waals surface area contributed by atoms with Crippen LogP contribution in [0.15, 0.2) is 18.6 Å². The molecular formula is C17H26N4O3. The molecule has 0 spiro atoms. The normalized spacial score (nSPS) is 18.2. The molecule has 7 heteroatoms. The molecule has 2 heterocycles. The Morgan fingerprint density at radius 2 is 2.08 bits per heavy atom. The quantitative estimate of drug-likeness (QED) is 0.848. The highest BCUT2D eigenvalue weighted by Gasteiger charge is 2.32. The summed E-state index contributed by atoms with van der Waals surface area (Å²) in [5.74, 6) is -0.196. The van der Waals surface area contributed by atoms with Gasteiger partial charge >= 0.3 is 6.09 Å². The van der Waals surface area contributed by atoms with Gasteiger partial charge in [-0.1, -0.05) is 0 Å². The Labute approximate surface area is 143 Å². The molecule has 1 aliphatic heterocycles. The third-order valence-electron chi connectivity index (χ3n) is 3.87. The zero-order valence-corrected chi connectivity index (χ0v) is 14.9. The number of rotatable bonds is 3. The van der Waals surface area contributed by atoms with Crippen molar-refractivity contribution in [2.45, 2.75) is 51.7 Å². The highest BCUT2D eigenvalue weighted by molar-refractivity contribution is 5.91. The summed E-state index contributed by atoms with van der Waals surface area (Å²) >= 11 is 0. The van der Waals surface area contributed by atoms with E-state index in [1.54, 1.807) is 16.8 Å². The van der Waals surface area contributed by atoms with Crippen LogP contribution in [-0.2, 0) is 4.74 Å². The fourth-order valence-corrected chi connectivity index (χ4v) is 2.76. The van der Waals surface area contributed by atoms with E-state index >= 15 is 0 Å². The summed E-state index contributed by atoms with van der Waals surface area (Å²) in [6.45, 7) is 6.68. The predicted octanol–water partition coefficient (Wildman–Crippen LogP) is 2.34. The molecule has 0 N–H and O–H groups in total. The molecular weight excluding hydrogens is 308 g/mol. The van der Waals surface area contributed by atoms with Gasteiger partial charge in [0, 0.05) is 32.5 Å². The molecule has 0 saturated carbocycles. The van der Waals surface area contributed by atoms with E-state index in [9.17, 15) is 9.59 Å². The fourth-order valence-electron chi connectivity index (χ4n) is 2.76. The van der Waals surface area contributed by atoms with Gasteiger partial charge < -0.3 is 14.5 Å². The van der Waals surface area contributed by atoms with Crippen LogP contribution in [0.2, 0.25) is 0 Å². The van der Waals surface area contributed by atoms with Crippen molar-refractivity contribution in [1.82, 2.24) is 19.8 Å². The Bertz CT molecular complexity index is 571. The number of hydrogen-bond donors (Lipinski definition) is 0. The highest BCUT2D eigenvalue weighted by Crippen LogP contribution is 2.21. The van der Waals surface area contributed by atoms with Crippen molar-refractivity contribution in [3.63, 3.8) is 0 Å². The number of carbonyl (C=O) groups is 2. The van der Waals surface area contributed by atoms with Crippen LogP contribution in [0.25, 0.3) is 0 Å². The molecule has 2 amide bonds. The minimum Gasteiger partial charge on any atom is -0.444 e. The van der Waals surface area contributed by atoms with E-state index < -0.39 is 5.60 Å². The Balaban J connectivity index is 2.02. The van der Waals surface area contributed by atoms with Crippen LogP contribution in [-0.4, -0.2) is 63.5 Å². The van der Waals surface area contributed by atoms with Gasteiger partial charge in [0.15, 0.2) is 0 Å². The van der Waals surface area contributed by atoms with E-state index in [0.29, 0.717) is 18.8 Å². The molecule has 0 aromatic carbocycles. The van der Waals surface area contributed by atoms with Gasteiger partial charge in [-0.3, -0.25) is 9.78 Å². The number of likely N-dealkylation sites (N-methyl/N-ethyl adjacent to an activating group) is 1. The van der Waals surface area contributed by atoms with E-state index in [0.717, 1.165) is 19.3 Å². The van der Waals surface area contributed by atoms with Gasteiger partial charge in [-0.05, 0) is 40.0 Å². The topological polar surface area (TPSA) is 75.6 Å². The monoisotopic (exact) mass is 334 g/mol. The molecule has 132 valence electrons. The lowest BCUT2D eigenvalue weighted by molar-refractivity contribution is 0.00601. The number of ether oxygens (including phenoxy) is 1. The number of aromatic nitrogens is 2. The van der Waals surface area contributed by atoms with Gasteiger partial charge in [0.05, 0.1) is 12.2 Å². The van der Waals surface area contributed by atoms with E-state index in [1.165, 1.54) is 18.6 Å². The van der Waals surface area contributed by atoms with Crippen molar-refractivity contribution < 1.29 is 14.3 Å². The van der Waals surface area contributed by atoms with Gasteiger partial charge in [0.1, 0.15) is 11.3 Å². The Morgan fingerprint density at radius 3 is 2.71 bits per heavy atom. The molecule has 0 aliphatic carbocycles. The average molecular weight is 334 g/mol. The molecule has 0 radical (unpaired) electrons. The maximum Gasteiger partial charge on any atom is 0.410 e. The molecule has 1 aromatic heterocycles. The fraction of sp³-hybridized carbons (Fsp3) is 0.647. The Morgan fingerprint density at radius 1 is 1.33 bits per heavy atom. The SMILES string of the molecule is CN(C[C@@H]1CCCCN1C(=O)OC(C)(C)C)C(=O)c1cnccn1. The zero-order valence-electron chi connectivity index (χ0n) is 14.9. The molecule has 1 aliphatic rings. The highest BCUT2D eigenvalue weighted by atomic mass is 16.6. The molecule has 0 bridgehead atoms. The number of amides is 2. The number of carbonyl (C=O) groups excluding carboxylic acids is 2. The first-order chi connectivity index (χ1) is 11.3. The van der Waals surface area contributed by atoms with Crippen molar-refractivity contribution >= 4 is 12.0 Å². The summed E-state index contributed by atoms with van der Waals surface area (Å²) in [4.78, 5) is 36.1. The van der Waals surface area contributed by atoms with Gasteiger partial charge in [0.25, 0.3) is 5.91 Å². The maximum absolute atomic E-state index is 12.4. The molecule has 1 saturated heterocycles. The summed E-state index contributed by atoms with van der Waals surface area (Å²) < 4.78 is 5.50. The number of nitrogens with zero attached hydrogens (tertiary/aromatic N) is 4. The second kappa shape index (κ2) is 7.59. The smallest absolute Gasteiger partial charge is 0.410 e. The van der Waals surface area contributed by atoms with Gasteiger partial charge in [-0.15, -0.1) is 0 Å². The van der Waals surface area contributed by atoms with Crippen LogP contribution in [0.3, 0.4) is 0 Å². The third-order valence-corrected chi connectivity index (χ3v) is 3.87. The number of hydrogen-bond acceptors (Lipinski definition) is 5. The van der Waals surface area contributed by atoms with E-state index in [1.807, 2.05) is 20.8 Å². The molecule has 24 heavy (non-hydrogen) atoms. The van der Waals surface area contributed by atoms with Gasteiger partial charge in [0.2, 0.25) is 0 Å². The second-order valence-electron chi connectivity index (χ2n) is 7.10. The third kappa shape index (κ3) is 4.91. The predicted molar refractivity (Wildman–Crippen MR) is 89.6 cm³/mol. The van der Waals surface area contributed by atoms with E-state index in [-0.39, 0.29) is 18.0 Å². The largest absolute Gasteiger partial charge is 0.444 e. The van der Waals surface area contributed by atoms with Crippen LogP contribution in [0.5, 0.6) is 0 Å². The average Bonchev–Trinajstić information content (AvgIpc) is 2.53. The first-order valence-corrected chi connectivity index (χ1v) is 8.29. The lowest BCUT2D eigenvalue weighted by atomic mass is 10.0. The van der Waals surface area contributed by atoms with Crippen molar-refractivity contribution in [3.05, 3.63) is 24.3 Å². The van der Waals surface area contributed by atoms with Crippen LogP contribution in [0.4, 0.5) is 4.79 Å². The van der Waals surface area contributed by atoms with Crippen LogP contribution >= 0.6 is 0 Å². The van der Waals surface area contributed by atoms with E-state index in [2.05, 4.69) is 9.97 Å². The number of piperidine rings is 1. The molecule has 0 unspecified atom stereocenters. The number of likely N-dealkylation sites (tertiary alicyclic amines) is 1. The Hall–Kier alpha value is -2.18. The standard InChI is InChI=1S/C17H26N4O3/c1-17(2,3)24-16(23)21-10-6-5-7-13(21)12-20(4)15(22)14-11-18-8-9-19-14/h8-9,11,13H,5-7,10,12H2,1-4H3/t13-/m0/s1. The Kier molecular flexibility index (Phi) is 5.75. The van der Waals surface area contributed by atoms with Crippen molar-refractivity contribution in [2.75, 3.05) is 20.1 Å². The molecule has 1 atom stereocenters. The van der Waals surface area contributed by atoms with E-state index in [4.69, 9.17) is 4.74 Å². The summed E-state index contributed by atoms with van der Waals surface area (Å²) in [5, 5.41) is 0.